The second-order valence-electron chi connectivity index (χ2n) is 21.1. The summed E-state index contributed by atoms with van der Waals surface area (Å²) < 4.78 is 27.6. The van der Waals surface area contributed by atoms with E-state index < -0.39 is 5.97 Å². The first-order chi connectivity index (χ1) is 44.1. The van der Waals surface area contributed by atoms with Crippen LogP contribution >= 0.6 is 12.2 Å². The van der Waals surface area contributed by atoms with Crippen LogP contribution in [0.15, 0.2) is 213 Å². The number of amides is 8. The van der Waals surface area contributed by atoms with Gasteiger partial charge in [-0.25, -0.2) is 28.8 Å². The minimum Gasteiger partial charge on any atom is -0.478 e. The maximum absolute atomic E-state index is 12.8. The smallest absolute Gasteiger partial charge is 0.338 e. The molecule has 0 bridgehead atoms. The summed E-state index contributed by atoms with van der Waals surface area (Å²) in [4.78, 5) is 107. The van der Waals surface area contributed by atoms with Crippen LogP contribution in [0.2, 0.25) is 0 Å². The summed E-state index contributed by atoms with van der Waals surface area (Å²) in [7, 11) is 0. The standard InChI is InChI=1S/C24H22N2O5.C24H22N2O4S.C22H18N2O5/c1-2-30-23(28)19-10-8-18(9-11-19)21-13-12-20(31-21)15-25-16-22(27)26(24(25)29)14-17-6-4-3-5-7-17;1-2-29-23(27)19-10-8-18(9-11-19)21-13-12-20(30-21)15-25-16-22(31)26(24(25)28)14-17-6-4-3-5-7-17;25-20-14-23(22(28)24(20)12-15-4-2-1-3-5-15)13-18-10-11-19(29-18)16-6-8-17(9-7-16)21(26)27/h2*3-13H,2,14-16H2,1H3;1-11H,12-14H2,(H,26,27). The van der Waals surface area contributed by atoms with E-state index in [1.165, 1.54) is 31.7 Å². The van der Waals surface area contributed by atoms with E-state index in [1.807, 2.05) is 115 Å². The van der Waals surface area contributed by atoms with Gasteiger partial charge in [-0.05, 0) is 103 Å². The molecule has 0 saturated carbocycles. The van der Waals surface area contributed by atoms with E-state index in [-0.39, 0.29) is 86.7 Å². The quantitative estimate of drug-likeness (QED) is 0.0424. The summed E-state index contributed by atoms with van der Waals surface area (Å²) in [5.41, 5.74) is 6.35. The summed E-state index contributed by atoms with van der Waals surface area (Å²) >= 11 is 5.44. The van der Waals surface area contributed by atoms with Gasteiger partial charge in [-0.1, -0.05) is 140 Å². The van der Waals surface area contributed by atoms with Gasteiger partial charge in [0.15, 0.2) is 0 Å². The number of thiocarbonyl (C=S) groups is 1. The number of aromatic carboxylic acids is 1. The number of benzene rings is 6. The zero-order chi connectivity index (χ0) is 64.0. The number of carbonyl (C=O) groups is 8. The number of ether oxygens (including phenoxy) is 2. The van der Waals surface area contributed by atoms with Crippen molar-refractivity contribution in [1.82, 2.24) is 29.4 Å². The van der Waals surface area contributed by atoms with E-state index >= 15 is 0 Å². The first-order valence-corrected chi connectivity index (χ1v) is 29.6. The van der Waals surface area contributed by atoms with Crippen LogP contribution in [0.5, 0.6) is 0 Å². The number of carboxylic acids is 1. The Morgan fingerprint density at radius 3 is 1.03 bits per heavy atom. The Morgan fingerprint density at radius 2 is 0.703 bits per heavy atom. The molecule has 0 unspecified atom stereocenters. The van der Waals surface area contributed by atoms with Gasteiger partial charge in [0.05, 0.1) is 75.7 Å². The van der Waals surface area contributed by atoms with Crippen molar-refractivity contribution in [3.63, 3.8) is 0 Å². The van der Waals surface area contributed by atoms with E-state index in [2.05, 4.69) is 0 Å². The molecule has 6 aromatic carbocycles. The second kappa shape index (κ2) is 29.2. The second-order valence-corrected chi connectivity index (χ2v) is 21.6. The molecule has 1 N–H and O–H groups in total. The molecule has 9 aromatic rings. The summed E-state index contributed by atoms with van der Waals surface area (Å²) in [6.45, 7) is 6.31. The highest BCUT2D eigenvalue weighted by molar-refractivity contribution is 7.80. The molecule has 0 aliphatic carbocycles. The molecule has 6 heterocycles. The summed E-state index contributed by atoms with van der Waals surface area (Å²) in [6, 6.07) is 58.9. The summed E-state index contributed by atoms with van der Waals surface area (Å²) in [6.07, 6.45) is 0. The van der Waals surface area contributed by atoms with Crippen LogP contribution in [0.1, 0.15) is 78.9 Å². The van der Waals surface area contributed by atoms with Crippen LogP contribution < -0.4 is 0 Å². The van der Waals surface area contributed by atoms with Crippen molar-refractivity contribution in [3.8, 4) is 34.0 Å². The van der Waals surface area contributed by atoms with Gasteiger partial charge in [-0.2, -0.15) is 0 Å². The Morgan fingerprint density at radius 1 is 0.396 bits per heavy atom. The highest BCUT2D eigenvalue weighted by Gasteiger charge is 2.38. The van der Waals surface area contributed by atoms with Crippen LogP contribution in [0, 0.1) is 0 Å². The van der Waals surface area contributed by atoms with E-state index in [4.69, 9.17) is 40.0 Å². The number of urea groups is 3. The lowest BCUT2D eigenvalue weighted by atomic mass is 10.1. The largest absolute Gasteiger partial charge is 0.478 e. The molecule has 3 aromatic heterocycles. The van der Waals surface area contributed by atoms with Crippen molar-refractivity contribution in [2.45, 2.75) is 53.1 Å². The molecule has 3 aliphatic heterocycles. The third-order valence-corrected chi connectivity index (χ3v) is 15.1. The molecule has 12 rings (SSSR count). The molecule has 8 amide bonds. The number of nitrogens with zero attached hydrogens (tertiary/aromatic N) is 6. The zero-order valence-electron chi connectivity index (χ0n) is 49.7. The van der Waals surface area contributed by atoms with Gasteiger partial charge in [0.25, 0.3) is 11.8 Å². The number of imide groups is 2. The van der Waals surface area contributed by atoms with Crippen molar-refractivity contribution in [2.75, 3.05) is 32.8 Å². The fourth-order valence-corrected chi connectivity index (χ4v) is 10.4. The molecule has 0 radical (unpaired) electrons. The van der Waals surface area contributed by atoms with Crippen LogP contribution in [0.4, 0.5) is 14.4 Å². The maximum atomic E-state index is 12.8. The van der Waals surface area contributed by atoms with Gasteiger partial charge in [0.2, 0.25) is 0 Å². The molecule has 462 valence electrons. The van der Waals surface area contributed by atoms with Gasteiger partial charge >= 0.3 is 36.0 Å². The molecule has 0 spiro atoms. The van der Waals surface area contributed by atoms with Crippen molar-refractivity contribution < 1.29 is 66.2 Å². The van der Waals surface area contributed by atoms with E-state index in [0.717, 1.165) is 33.4 Å². The third kappa shape index (κ3) is 15.8. The van der Waals surface area contributed by atoms with Gasteiger partial charge < -0.3 is 42.5 Å². The van der Waals surface area contributed by atoms with E-state index in [9.17, 15) is 38.4 Å². The number of carboxylic acid groups (broad SMARTS) is 1. The number of furan rings is 3. The van der Waals surface area contributed by atoms with Crippen molar-refractivity contribution in [3.05, 3.63) is 251 Å². The van der Waals surface area contributed by atoms with Crippen molar-refractivity contribution >= 4 is 65.0 Å². The molecule has 21 heteroatoms. The van der Waals surface area contributed by atoms with E-state index in [0.29, 0.717) is 83.5 Å². The lowest BCUT2D eigenvalue weighted by Crippen LogP contribution is -2.32. The van der Waals surface area contributed by atoms with Gasteiger partial charge in [0.1, 0.15) is 52.6 Å². The fraction of sp³-hybridized carbons (Fsp3) is 0.186. The normalized spacial score (nSPS) is 13.8. The lowest BCUT2D eigenvalue weighted by Gasteiger charge is -2.17. The van der Waals surface area contributed by atoms with Crippen LogP contribution in [0.3, 0.4) is 0 Å². The van der Waals surface area contributed by atoms with Crippen LogP contribution in [0.25, 0.3) is 34.0 Å². The Hall–Kier alpha value is -11.2. The average molecular weight is 1240 g/mol. The van der Waals surface area contributed by atoms with Gasteiger partial charge in [-0.3, -0.25) is 24.3 Å². The minimum atomic E-state index is -0.992. The highest BCUT2D eigenvalue weighted by atomic mass is 32.1. The third-order valence-electron chi connectivity index (χ3n) is 14.7. The lowest BCUT2D eigenvalue weighted by molar-refractivity contribution is -0.126. The predicted molar refractivity (Wildman–Crippen MR) is 337 cm³/mol. The summed E-state index contributed by atoms with van der Waals surface area (Å²) in [5.74, 6) is 1.46. The van der Waals surface area contributed by atoms with Crippen LogP contribution in [-0.4, -0.2) is 120 Å². The molecule has 91 heavy (non-hydrogen) atoms. The van der Waals surface area contributed by atoms with Gasteiger partial charge in [0, 0.05) is 16.7 Å². The molecule has 3 aliphatic rings. The first-order valence-electron chi connectivity index (χ1n) is 29.2. The van der Waals surface area contributed by atoms with Crippen LogP contribution in [-0.2, 0) is 58.3 Å². The Balaban J connectivity index is 0.000000150. The molecular formula is C70H62N6O14S. The molecular weight excluding hydrogens is 1180 g/mol. The number of hydrogen-bond donors (Lipinski definition) is 1. The van der Waals surface area contributed by atoms with Crippen molar-refractivity contribution in [1.29, 1.82) is 0 Å². The van der Waals surface area contributed by atoms with Gasteiger partial charge in [-0.15, -0.1) is 0 Å². The molecule has 0 atom stereocenters. The number of hydrogen-bond acceptors (Lipinski definition) is 14. The highest BCUT2D eigenvalue weighted by Crippen LogP contribution is 2.29. The SMILES string of the molecule is CCOC(=O)c1ccc(-c2ccc(CN3CC(=O)N(Cc4ccccc4)C3=O)o2)cc1.CCOC(=O)c1ccc(-c2ccc(CN3CC(=S)N(Cc4ccccc4)C3=O)o2)cc1.O=C(O)c1ccc(-c2ccc(CN3CC(=O)N(Cc4ccccc4)C3=O)o2)cc1. The topological polar surface area (TPSA) is 234 Å². The first kappa shape index (κ1) is 62.8. The predicted octanol–water partition coefficient (Wildman–Crippen LogP) is 12.6. The van der Waals surface area contributed by atoms with Crippen molar-refractivity contribution in [2.24, 2.45) is 0 Å². The Kier molecular flexibility index (Phi) is 20.2. The molecule has 3 fully saturated rings. The number of esters is 2. The summed E-state index contributed by atoms with van der Waals surface area (Å²) in [5, 5.41) is 8.98. The minimum absolute atomic E-state index is 0.00894. The average Bonchev–Trinajstić information content (AvgIpc) is 2.02. The molecule has 3 saturated heterocycles. The Labute approximate surface area is 529 Å². The zero-order valence-corrected chi connectivity index (χ0v) is 50.5. The monoisotopic (exact) mass is 1240 g/mol. The number of rotatable bonds is 20. The Bertz CT molecular complexity index is 3900. The maximum Gasteiger partial charge on any atom is 0.338 e. The molecule has 20 nitrogen and oxygen atoms in total. The fourth-order valence-electron chi connectivity index (χ4n) is 10.1. The number of carbonyl (C=O) groups excluding carboxylic acids is 7. The van der Waals surface area contributed by atoms with E-state index in [1.54, 1.807) is 96.4 Å².